The van der Waals surface area contributed by atoms with Crippen molar-refractivity contribution in [3.63, 3.8) is 0 Å². The largest absolute Gasteiger partial charge is 0.411 e. The minimum atomic E-state index is 0.596. The summed E-state index contributed by atoms with van der Waals surface area (Å²) in [4.78, 5) is 2.28. The molecule has 1 heterocycles. The molecule has 0 aliphatic carbocycles. The Morgan fingerprint density at radius 2 is 1.94 bits per heavy atom. The average molecular weight is 273 g/mol. The Morgan fingerprint density at radius 3 is 2.59 bits per heavy atom. The van der Waals surface area contributed by atoms with Gasteiger partial charge in [0.15, 0.2) is 0 Å². The summed E-state index contributed by atoms with van der Waals surface area (Å²) in [5.74, 6) is 0. The zero-order valence-electron chi connectivity index (χ0n) is 9.37. The lowest BCUT2D eigenvalue weighted by Crippen LogP contribution is -2.33. The summed E-state index contributed by atoms with van der Waals surface area (Å²) in [5.41, 5.74) is 1.92. The molecule has 5 heteroatoms. The molecule has 0 aromatic heterocycles. The van der Waals surface area contributed by atoms with Crippen molar-refractivity contribution in [2.45, 2.75) is 19.4 Å². The minimum absolute atomic E-state index is 0.596. The Bertz CT molecular complexity index is 425. The smallest absolute Gasteiger partial charge is 0.0637 e. The summed E-state index contributed by atoms with van der Waals surface area (Å²) in [6.07, 6.45) is 1.63. The maximum Gasteiger partial charge on any atom is 0.0637 e. The topological polar surface area (TPSA) is 35.8 Å². The van der Waals surface area contributed by atoms with Crippen LogP contribution in [0.25, 0.3) is 0 Å². The van der Waals surface area contributed by atoms with Gasteiger partial charge in [0.2, 0.25) is 0 Å². The standard InChI is InChI=1S/C12H14Cl2N2O/c13-11-3-1-2-9(12(11)14)8-16-6-4-10(15-17)5-7-16/h1-3,17H,4-8H2. The minimum Gasteiger partial charge on any atom is -0.411 e. The van der Waals surface area contributed by atoms with Crippen molar-refractivity contribution in [3.8, 4) is 0 Å². The Hall–Kier alpha value is -0.770. The summed E-state index contributed by atoms with van der Waals surface area (Å²) in [7, 11) is 0. The highest BCUT2D eigenvalue weighted by Gasteiger charge is 2.16. The molecule has 1 fully saturated rings. The van der Waals surface area contributed by atoms with Gasteiger partial charge < -0.3 is 5.21 Å². The first kappa shape index (κ1) is 12.7. The Kier molecular flexibility index (Phi) is 4.26. The maximum atomic E-state index is 8.68. The number of oxime groups is 1. The van der Waals surface area contributed by atoms with Crippen LogP contribution < -0.4 is 0 Å². The molecular weight excluding hydrogens is 259 g/mol. The third-order valence-electron chi connectivity index (χ3n) is 3.00. The van der Waals surface area contributed by atoms with Crippen molar-refractivity contribution in [2.75, 3.05) is 13.1 Å². The summed E-state index contributed by atoms with van der Waals surface area (Å²) < 4.78 is 0. The first-order chi connectivity index (χ1) is 8.20. The first-order valence-corrected chi connectivity index (χ1v) is 6.31. The van der Waals surface area contributed by atoms with Crippen molar-refractivity contribution in [2.24, 2.45) is 5.16 Å². The number of halogens is 2. The van der Waals surface area contributed by atoms with Crippen molar-refractivity contribution >= 4 is 28.9 Å². The molecule has 1 aromatic rings. The summed E-state index contributed by atoms with van der Waals surface area (Å²) in [6, 6.07) is 5.69. The van der Waals surface area contributed by atoms with Gasteiger partial charge in [-0.15, -0.1) is 0 Å². The highest BCUT2D eigenvalue weighted by atomic mass is 35.5. The third-order valence-corrected chi connectivity index (χ3v) is 3.86. The summed E-state index contributed by atoms with van der Waals surface area (Å²) >= 11 is 12.1. The molecule has 0 spiro atoms. The fourth-order valence-corrected chi connectivity index (χ4v) is 2.36. The van der Waals surface area contributed by atoms with Gasteiger partial charge in [0.25, 0.3) is 0 Å². The van der Waals surface area contributed by atoms with Crippen LogP contribution in [0.4, 0.5) is 0 Å². The molecule has 1 aliphatic rings. The van der Waals surface area contributed by atoms with Gasteiger partial charge in [-0.3, -0.25) is 4.90 Å². The van der Waals surface area contributed by atoms with Gasteiger partial charge in [0, 0.05) is 32.5 Å². The SMILES string of the molecule is ON=C1CCN(Cc2cccc(Cl)c2Cl)CC1. The lowest BCUT2D eigenvalue weighted by atomic mass is 10.1. The predicted octanol–water partition coefficient (Wildman–Crippen LogP) is 3.42. The number of hydrogen-bond acceptors (Lipinski definition) is 3. The van der Waals surface area contributed by atoms with Crippen molar-refractivity contribution in [1.29, 1.82) is 0 Å². The monoisotopic (exact) mass is 272 g/mol. The zero-order valence-corrected chi connectivity index (χ0v) is 10.9. The number of benzene rings is 1. The van der Waals surface area contributed by atoms with Gasteiger partial charge in [0.05, 0.1) is 15.8 Å². The lowest BCUT2D eigenvalue weighted by molar-refractivity contribution is 0.256. The van der Waals surface area contributed by atoms with Crippen molar-refractivity contribution in [3.05, 3.63) is 33.8 Å². The van der Waals surface area contributed by atoms with Crippen molar-refractivity contribution < 1.29 is 5.21 Å². The molecule has 0 radical (unpaired) electrons. The average Bonchev–Trinajstić information content (AvgIpc) is 2.36. The van der Waals surface area contributed by atoms with Gasteiger partial charge >= 0.3 is 0 Å². The first-order valence-electron chi connectivity index (χ1n) is 5.55. The number of piperidine rings is 1. The van der Waals surface area contributed by atoms with E-state index in [0.29, 0.717) is 10.0 Å². The third kappa shape index (κ3) is 3.12. The van der Waals surface area contributed by atoms with E-state index in [0.717, 1.165) is 43.8 Å². The van der Waals surface area contributed by atoms with Crippen LogP contribution in [0.5, 0.6) is 0 Å². The molecule has 1 N–H and O–H groups in total. The molecule has 0 unspecified atom stereocenters. The quantitative estimate of drug-likeness (QED) is 0.662. The molecule has 0 amide bonds. The van der Waals surface area contributed by atoms with Crippen LogP contribution >= 0.6 is 23.2 Å². The zero-order chi connectivity index (χ0) is 12.3. The number of hydrogen-bond donors (Lipinski definition) is 1. The number of likely N-dealkylation sites (tertiary alicyclic amines) is 1. The van der Waals surface area contributed by atoms with Crippen LogP contribution in [0.1, 0.15) is 18.4 Å². The molecule has 0 saturated carbocycles. The molecule has 1 saturated heterocycles. The maximum absolute atomic E-state index is 8.68. The number of rotatable bonds is 2. The van der Waals surface area contributed by atoms with E-state index >= 15 is 0 Å². The molecule has 3 nitrogen and oxygen atoms in total. The Labute approximate surface area is 111 Å². The molecule has 0 bridgehead atoms. The molecule has 92 valence electrons. The second-order valence-corrected chi connectivity index (χ2v) is 4.94. The van der Waals surface area contributed by atoms with Crippen LogP contribution in [-0.4, -0.2) is 28.9 Å². The number of nitrogens with zero attached hydrogens (tertiary/aromatic N) is 2. The van der Waals surface area contributed by atoms with Crippen molar-refractivity contribution in [1.82, 2.24) is 4.90 Å². The second kappa shape index (κ2) is 5.71. The summed E-state index contributed by atoms with van der Waals surface area (Å²) in [5, 5.41) is 13.2. The van der Waals surface area contributed by atoms with E-state index in [-0.39, 0.29) is 0 Å². The van der Waals surface area contributed by atoms with Gasteiger partial charge in [0.1, 0.15) is 0 Å². The molecule has 0 atom stereocenters. The highest BCUT2D eigenvalue weighted by Crippen LogP contribution is 2.27. The predicted molar refractivity (Wildman–Crippen MR) is 70.2 cm³/mol. The fraction of sp³-hybridized carbons (Fsp3) is 0.417. The van der Waals surface area contributed by atoms with Crippen LogP contribution in [0.2, 0.25) is 10.0 Å². The molecule has 2 rings (SSSR count). The van der Waals surface area contributed by atoms with E-state index < -0.39 is 0 Å². The van der Waals surface area contributed by atoms with Crippen LogP contribution in [-0.2, 0) is 6.54 Å². The van der Waals surface area contributed by atoms with Crippen LogP contribution in [0.3, 0.4) is 0 Å². The Balaban J connectivity index is 2.00. The van der Waals surface area contributed by atoms with Gasteiger partial charge in [-0.2, -0.15) is 0 Å². The van der Waals surface area contributed by atoms with E-state index in [2.05, 4.69) is 10.1 Å². The van der Waals surface area contributed by atoms with E-state index in [1.165, 1.54) is 0 Å². The molecule has 1 aromatic carbocycles. The molecule has 17 heavy (non-hydrogen) atoms. The van der Waals surface area contributed by atoms with E-state index in [1.54, 1.807) is 6.07 Å². The summed E-state index contributed by atoms with van der Waals surface area (Å²) in [6.45, 7) is 2.57. The second-order valence-electron chi connectivity index (χ2n) is 4.16. The van der Waals surface area contributed by atoms with E-state index in [9.17, 15) is 0 Å². The normalized spacial score (nSPS) is 17.2. The molecule has 1 aliphatic heterocycles. The fourth-order valence-electron chi connectivity index (χ4n) is 1.98. The Morgan fingerprint density at radius 1 is 1.24 bits per heavy atom. The lowest BCUT2D eigenvalue weighted by Gasteiger charge is -2.27. The van der Waals surface area contributed by atoms with E-state index in [1.807, 2.05) is 12.1 Å². The van der Waals surface area contributed by atoms with Gasteiger partial charge in [-0.25, -0.2) is 0 Å². The highest BCUT2D eigenvalue weighted by molar-refractivity contribution is 6.42. The van der Waals surface area contributed by atoms with Crippen LogP contribution in [0.15, 0.2) is 23.4 Å². The van der Waals surface area contributed by atoms with Gasteiger partial charge in [-0.05, 0) is 11.6 Å². The van der Waals surface area contributed by atoms with Crippen LogP contribution in [0, 0.1) is 0 Å². The molecular formula is C12H14Cl2N2O. The van der Waals surface area contributed by atoms with Gasteiger partial charge in [-0.1, -0.05) is 40.5 Å². The van der Waals surface area contributed by atoms with E-state index in [4.69, 9.17) is 28.4 Å².